The summed E-state index contributed by atoms with van der Waals surface area (Å²) in [6, 6.07) is 10.3. The van der Waals surface area contributed by atoms with Crippen LogP contribution in [0.25, 0.3) is 11.6 Å². The van der Waals surface area contributed by atoms with Crippen LogP contribution in [0.1, 0.15) is 5.56 Å². The number of sulfonamides is 1. The first kappa shape index (κ1) is 21.2. The van der Waals surface area contributed by atoms with Crippen molar-refractivity contribution in [1.29, 1.82) is 0 Å². The van der Waals surface area contributed by atoms with E-state index in [1.807, 2.05) is 0 Å². The Morgan fingerprint density at radius 3 is 2.70 bits per heavy atom. The average Bonchev–Trinajstić information content (AvgIpc) is 3.19. The highest BCUT2D eigenvalue weighted by molar-refractivity contribution is 7.92. The zero-order valence-corrected chi connectivity index (χ0v) is 17.3. The monoisotopic (exact) mass is 430 g/mol. The van der Waals surface area contributed by atoms with Gasteiger partial charge >= 0.3 is 0 Å². The number of nitrogens with zero attached hydrogens (tertiary/aromatic N) is 2. The summed E-state index contributed by atoms with van der Waals surface area (Å²) in [5, 5.41) is 6.61. The maximum absolute atomic E-state index is 12.2. The van der Waals surface area contributed by atoms with E-state index in [9.17, 15) is 13.2 Å². The van der Waals surface area contributed by atoms with Crippen molar-refractivity contribution in [2.24, 2.45) is 0 Å². The zero-order valence-electron chi connectivity index (χ0n) is 16.5. The van der Waals surface area contributed by atoms with Crippen LogP contribution in [0.4, 0.5) is 5.69 Å². The maximum atomic E-state index is 12.2. The third kappa shape index (κ3) is 5.51. The van der Waals surface area contributed by atoms with E-state index >= 15 is 0 Å². The van der Waals surface area contributed by atoms with Crippen molar-refractivity contribution in [2.75, 3.05) is 31.2 Å². The van der Waals surface area contributed by atoms with Crippen molar-refractivity contribution >= 4 is 33.2 Å². The minimum Gasteiger partial charge on any atom is -0.493 e. The minimum absolute atomic E-state index is 0.0284. The van der Waals surface area contributed by atoms with Gasteiger partial charge in [-0.25, -0.2) is 12.9 Å². The fourth-order valence-corrected chi connectivity index (χ4v) is 3.67. The molecule has 0 atom stereocenters. The molecule has 2 heterocycles. The quantitative estimate of drug-likeness (QED) is 0.502. The molecule has 10 heteroatoms. The largest absolute Gasteiger partial charge is 0.493 e. The first-order chi connectivity index (χ1) is 14.4. The highest BCUT2D eigenvalue weighted by atomic mass is 32.2. The number of pyridine rings is 1. The van der Waals surface area contributed by atoms with Gasteiger partial charge in [0.05, 0.1) is 31.2 Å². The van der Waals surface area contributed by atoms with Gasteiger partial charge in [-0.2, -0.15) is 5.10 Å². The van der Waals surface area contributed by atoms with Crippen LogP contribution in [-0.4, -0.2) is 50.5 Å². The molecule has 0 unspecified atom stereocenters. The lowest BCUT2D eigenvalue weighted by Gasteiger charge is -2.09. The number of anilines is 1. The fourth-order valence-electron chi connectivity index (χ4n) is 2.71. The number of nitrogens with one attached hydrogen (secondary N) is 2. The Morgan fingerprint density at radius 2 is 1.93 bits per heavy atom. The summed E-state index contributed by atoms with van der Waals surface area (Å²) in [6.45, 7) is -0.0284. The summed E-state index contributed by atoms with van der Waals surface area (Å²) in [5.41, 5.74) is 1.94. The third-order valence-electron chi connectivity index (χ3n) is 4.18. The number of rotatable bonds is 9. The van der Waals surface area contributed by atoms with Crippen LogP contribution in [-0.2, 0) is 14.8 Å². The molecule has 0 saturated carbocycles. The van der Waals surface area contributed by atoms with E-state index in [4.69, 9.17) is 9.47 Å². The summed E-state index contributed by atoms with van der Waals surface area (Å²) < 4.78 is 39.0. The lowest BCUT2D eigenvalue weighted by atomic mass is 10.2. The van der Waals surface area contributed by atoms with Crippen LogP contribution < -0.4 is 19.5 Å². The number of hydrogen-bond donors (Lipinski definition) is 2. The molecule has 0 aliphatic heterocycles. The maximum Gasteiger partial charge on any atom is 0.244 e. The van der Waals surface area contributed by atoms with Crippen molar-refractivity contribution in [1.82, 2.24) is 14.9 Å². The molecule has 30 heavy (non-hydrogen) atoms. The van der Waals surface area contributed by atoms with Gasteiger partial charge in [-0.15, -0.1) is 0 Å². The molecule has 158 valence electrons. The summed E-state index contributed by atoms with van der Waals surface area (Å²) in [4.78, 5) is 12.0. The number of methoxy groups -OCH3 is 2. The second kappa shape index (κ2) is 9.31. The van der Waals surface area contributed by atoms with E-state index in [1.165, 1.54) is 13.2 Å². The molecular weight excluding hydrogens is 408 g/mol. The summed E-state index contributed by atoms with van der Waals surface area (Å²) in [5.74, 6) is 0.476. The molecule has 3 rings (SSSR count). The van der Waals surface area contributed by atoms with E-state index < -0.39 is 15.9 Å². The third-order valence-corrected chi connectivity index (χ3v) is 5.47. The van der Waals surface area contributed by atoms with Crippen LogP contribution in [0.2, 0.25) is 0 Å². The lowest BCUT2D eigenvalue weighted by molar-refractivity contribution is -0.116. The van der Waals surface area contributed by atoms with E-state index in [1.54, 1.807) is 66.5 Å². The highest BCUT2D eigenvalue weighted by Crippen LogP contribution is 2.27. The van der Waals surface area contributed by atoms with Gasteiger partial charge in [0.2, 0.25) is 15.9 Å². The first-order valence-corrected chi connectivity index (χ1v) is 10.7. The SMILES string of the molecule is COc1ccc(C=CC(=O)NCCS(=O)(=O)Nc2ccn3nccc3c2)cc1OC. The van der Waals surface area contributed by atoms with Gasteiger partial charge in [-0.3, -0.25) is 9.52 Å². The molecule has 9 nitrogen and oxygen atoms in total. The van der Waals surface area contributed by atoms with Crippen molar-refractivity contribution < 1.29 is 22.7 Å². The van der Waals surface area contributed by atoms with Crippen molar-refractivity contribution in [3.63, 3.8) is 0 Å². The molecule has 0 saturated heterocycles. The van der Waals surface area contributed by atoms with Crippen molar-refractivity contribution in [3.8, 4) is 11.5 Å². The number of ether oxygens (including phenoxy) is 2. The summed E-state index contributed by atoms with van der Waals surface area (Å²) in [6.07, 6.45) is 6.21. The molecular formula is C20H22N4O5S. The molecule has 3 aromatic rings. The van der Waals surface area contributed by atoms with Crippen LogP contribution in [0.5, 0.6) is 11.5 Å². The van der Waals surface area contributed by atoms with Crippen LogP contribution in [0.15, 0.2) is 54.9 Å². The summed E-state index contributed by atoms with van der Waals surface area (Å²) in [7, 11) is -0.545. The molecule has 0 spiro atoms. The van der Waals surface area contributed by atoms with E-state index in [-0.39, 0.29) is 12.3 Å². The molecule has 0 fully saturated rings. The Bertz CT molecular complexity index is 1170. The zero-order chi connectivity index (χ0) is 21.6. The molecule has 0 bridgehead atoms. The van der Waals surface area contributed by atoms with Gasteiger partial charge in [0.25, 0.3) is 0 Å². The van der Waals surface area contributed by atoms with Crippen LogP contribution in [0.3, 0.4) is 0 Å². The van der Waals surface area contributed by atoms with Crippen LogP contribution in [0, 0.1) is 0 Å². The van der Waals surface area contributed by atoms with Gasteiger partial charge in [0.1, 0.15) is 0 Å². The Labute approximate surface area is 174 Å². The molecule has 2 N–H and O–H groups in total. The number of amides is 1. The topological polar surface area (TPSA) is 111 Å². The standard InChI is InChI=1S/C20H22N4O5S/c1-28-18-5-3-15(13-19(18)29-2)4-6-20(25)21-10-12-30(26,27)23-16-8-11-24-17(14-16)7-9-22-24/h3-9,11,13-14,23H,10,12H2,1-2H3,(H,21,25). The lowest BCUT2D eigenvalue weighted by Crippen LogP contribution is -2.30. The van der Waals surface area contributed by atoms with Gasteiger partial charge in [-0.05, 0) is 42.0 Å². The van der Waals surface area contributed by atoms with E-state index in [0.717, 1.165) is 11.1 Å². The average molecular weight is 430 g/mol. The molecule has 2 aromatic heterocycles. The first-order valence-electron chi connectivity index (χ1n) is 9.02. The molecule has 0 radical (unpaired) electrons. The summed E-state index contributed by atoms with van der Waals surface area (Å²) >= 11 is 0. The number of carbonyl (C=O) groups is 1. The predicted octanol–water partition coefficient (Wildman–Crippen LogP) is 1.92. The number of fused-ring (bicyclic) bond motifs is 1. The predicted molar refractivity (Wildman–Crippen MR) is 114 cm³/mol. The Hall–Kier alpha value is -3.53. The van der Waals surface area contributed by atoms with Gasteiger partial charge < -0.3 is 14.8 Å². The number of carbonyl (C=O) groups excluding carboxylic acids is 1. The highest BCUT2D eigenvalue weighted by Gasteiger charge is 2.11. The Kier molecular flexibility index (Phi) is 6.58. The van der Waals surface area contributed by atoms with E-state index in [0.29, 0.717) is 17.2 Å². The second-order valence-corrected chi connectivity index (χ2v) is 8.12. The van der Waals surface area contributed by atoms with Gasteiger partial charge in [-0.1, -0.05) is 6.07 Å². The number of aromatic nitrogens is 2. The molecule has 1 amide bonds. The van der Waals surface area contributed by atoms with Crippen molar-refractivity contribution in [2.45, 2.75) is 0 Å². The van der Waals surface area contributed by atoms with Crippen LogP contribution >= 0.6 is 0 Å². The normalized spacial score (nSPS) is 11.5. The molecule has 0 aliphatic carbocycles. The second-order valence-electron chi connectivity index (χ2n) is 6.28. The number of hydrogen-bond acceptors (Lipinski definition) is 6. The van der Waals surface area contributed by atoms with Gasteiger partial charge in [0.15, 0.2) is 11.5 Å². The number of benzene rings is 1. The van der Waals surface area contributed by atoms with E-state index in [2.05, 4.69) is 15.1 Å². The smallest absolute Gasteiger partial charge is 0.244 e. The van der Waals surface area contributed by atoms with Gasteiger partial charge in [0, 0.05) is 25.0 Å². The molecule has 0 aliphatic rings. The Morgan fingerprint density at radius 1 is 1.13 bits per heavy atom. The Balaban J connectivity index is 1.51. The van der Waals surface area contributed by atoms with Crippen molar-refractivity contribution in [3.05, 3.63) is 60.4 Å². The fraction of sp³-hybridized carbons (Fsp3) is 0.200. The minimum atomic E-state index is -3.61. The molecule has 1 aromatic carbocycles.